The van der Waals surface area contributed by atoms with Crippen LogP contribution in [0.25, 0.3) is 0 Å². The van der Waals surface area contributed by atoms with E-state index >= 15 is 8.78 Å². The molecule has 0 spiro atoms. The standard InChI is InChI=1S/C27H46F2N6OSi2/c1-26(2,3)38(9,10)23-19(28)22(21(31)18-12-11-15-33-24(18)32)34-25(20(23)29)35(17-14-30)16-13-27(4,5)36-37(6,7)8/h11-12,15,31H,13-14,16-17,30H2,1-10H3,(H2,32,33). The molecule has 0 aromatic carbocycles. The molecule has 5 N–H and O–H groups in total. The Morgan fingerprint density at radius 1 is 1.05 bits per heavy atom. The molecule has 0 saturated carbocycles. The Hall–Kier alpha value is -2.22. The van der Waals surface area contributed by atoms with Crippen LogP contribution in [0, 0.1) is 17.0 Å². The van der Waals surface area contributed by atoms with Crippen LogP contribution in [0.5, 0.6) is 0 Å². The molecule has 2 aromatic rings. The second kappa shape index (κ2) is 11.5. The lowest BCUT2D eigenvalue weighted by atomic mass is 10.1. The number of nitrogen functional groups attached to an aromatic ring is 1. The van der Waals surface area contributed by atoms with E-state index in [4.69, 9.17) is 21.3 Å². The summed E-state index contributed by atoms with van der Waals surface area (Å²) in [5, 5.41) is 8.49. The number of hydrogen-bond donors (Lipinski definition) is 3. The van der Waals surface area contributed by atoms with E-state index in [0.29, 0.717) is 19.5 Å². The highest BCUT2D eigenvalue weighted by Crippen LogP contribution is 2.38. The molecule has 0 aliphatic carbocycles. The van der Waals surface area contributed by atoms with Crippen LogP contribution in [0.2, 0.25) is 37.8 Å². The normalized spacial score (nSPS) is 13.1. The van der Waals surface area contributed by atoms with Crippen LogP contribution in [0.4, 0.5) is 20.4 Å². The van der Waals surface area contributed by atoms with Gasteiger partial charge < -0.3 is 20.8 Å². The van der Waals surface area contributed by atoms with Crippen molar-refractivity contribution >= 4 is 38.9 Å². The first kappa shape index (κ1) is 32.0. The summed E-state index contributed by atoms with van der Waals surface area (Å²) in [5.74, 6) is -1.39. The highest BCUT2D eigenvalue weighted by atomic mass is 28.4. The number of anilines is 2. The number of hydrogen-bond acceptors (Lipinski definition) is 7. The van der Waals surface area contributed by atoms with Crippen molar-refractivity contribution in [2.75, 3.05) is 30.3 Å². The number of pyridine rings is 2. The van der Waals surface area contributed by atoms with E-state index < -0.39 is 33.6 Å². The maximum atomic E-state index is 16.5. The van der Waals surface area contributed by atoms with E-state index in [-0.39, 0.29) is 45.4 Å². The molecule has 0 bridgehead atoms. The molecule has 2 aromatic heterocycles. The van der Waals surface area contributed by atoms with Gasteiger partial charge in [-0.05, 0) is 57.1 Å². The minimum absolute atomic E-state index is 0.00249. The van der Waals surface area contributed by atoms with Gasteiger partial charge in [0.15, 0.2) is 25.8 Å². The van der Waals surface area contributed by atoms with Gasteiger partial charge in [0.2, 0.25) is 0 Å². The third kappa shape index (κ3) is 7.25. The molecule has 0 unspecified atom stereocenters. The lowest BCUT2D eigenvalue weighted by Crippen LogP contribution is -2.54. The highest BCUT2D eigenvalue weighted by molar-refractivity contribution is 6.92. The van der Waals surface area contributed by atoms with E-state index in [9.17, 15) is 0 Å². The summed E-state index contributed by atoms with van der Waals surface area (Å²) < 4.78 is 39.1. The minimum atomic E-state index is -2.76. The molecule has 0 atom stereocenters. The number of halogens is 2. The summed E-state index contributed by atoms with van der Waals surface area (Å²) in [6.07, 6.45) is 2.09. The van der Waals surface area contributed by atoms with E-state index in [1.54, 1.807) is 17.0 Å². The van der Waals surface area contributed by atoms with Gasteiger partial charge >= 0.3 is 0 Å². The molecule has 212 valence electrons. The summed E-state index contributed by atoms with van der Waals surface area (Å²) in [4.78, 5) is 10.2. The van der Waals surface area contributed by atoms with Crippen molar-refractivity contribution in [3.05, 3.63) is 41.2 Å². The van der Waals surface area contributed by atoms with Gasteiger partial charge in [0, 0.05) is 36.6 Å². The van der Waals surface area contributed by atoms with Gasteiger partial charge in [-0.25, -0.2) is 18.7 Å². The Bertz CT molecular complexity index is 1160. The minimum Gasteiger partial charge on any atom is -0.413 e. The van der Waals surface area contributed by atoms with Gasteiger partial charge in [-0.2, -0.15) is 0 Å². The van der Waals surface area contributed by atoms with E-state index in [2.05, 4.69) is 29.6 Å². The fourth-order valence-corrected chi connectivity index (χ4v) is 8.19. The zero-order valence-electron chi connectivity index (χ0n) is 24.7. The van der Waals surface area contributed by atoms with Gasteiger partial charge in [0.25, 0.3) is 0 Å². The van der Waals surface area contributed by atoms with Gasteiger partial charge in [0.1, 0.15) is 11.5 Å². The van der Waals surface area contributed by atoms with Crippen molar-refractivity contribution in [2.45, 2.75) is 84.4 Å². The van der Waals surface area contributed by atoms with Gasteiger partial charge in [-0.1, -0.05) is 33.9 Å². The summed E-state index contributed by atoms with van der Waals surface area (Å²) in [7, 11) is -4.59. The Morgan fingerprint density at radius 3 is 2.16 bits per heavy atom. The SMILES string of the molecule is CC(C)(CCN(CCN)c1nc(C(=N)c2cccnc2N)c(F)c([Si](C)(C)C(C)(C)C)c1F)O[Si](C)(C)C. The third-order valence-corrected chi connectivity index (χ3v) is 13.8. The van der Waals surface area contributed by atoms with Crippen molar-refractivity contribution in [3.8, 4) is 0 Å². The fourth-order valence-electron chi connectivity index (χ4n) is 4.35. The average Bonchev–Trinajstić information content (AvgIpc) is 2.74. The van der Waals surface area contributed by atoms with Crippen molar-refractivity contribution in [2.24, 2.45) is 5.73 Å². The molecule has 7 nitrogen and oxygen atoms in total. The zero-order valence-corrected chi connectivity index (χ0v) is 26.7. The number of aromatic nitrogens is 2. The highest BCUT2D eigenvalue weighted by Gasteiger charge is 2.44. The van der Waals surface area contributed by atoms with Gasteiger partial charge in [0.05, 0.1) is 19.4 Å². The van der Waals surface area contributed by atoms with Crippen molar-refractivity contribution in [3.63, 3.8) is 0 Å². The van der Waals surface area contributed by atoms with E-state index in [1.165, 1.54) is 6.20 Å². The molecule has 0 aliphatic heterocycles. The number of nitrogens with two attached hydrogens (primary N) is 2. The first-order valence-corrected chi connectivity index (χ1v) is 19.5. The Labute approximate surface area is 229 Å². The third-order valence-electron chi connectivity index (χ3n) is 7.17. The molecule has 2 heterocycles. The summed E-state index contributed by atoms with van der Waals surface area (Å²) in [5.41, 5.74) is 11.3. The topological polar surface area (TPSA) is 114 Å². The molecular weight excluding hydrogens is 519 g/mol. The van der Waals surface area contributed by atoms with Crippen LogP contribution in [-0.2, 0) is 4.43 Å². The average molecular weight is 565 g/mol. The molecule has 0 aliphatic rings. The molecule has 2 rings (SSSR count). The Balaban J connectivity index is 2.76. The second-order valence-electron chi connectivity index (χ2n) is 13.0. The van der Waals surface area contributed by atoms with Crippen LogP contribution in [-0.4, -0.2) is 57.3 Å². The number of nitrogens with zero attached hydrogens (tertiary/aromatic N) is 3. The number of nitrogens with one attached hydrogen (secondary N) is 1. The molecule has 11 heteroatoms. The van der Waals surface area contributed by atoms with Gasteiger partial charge in [-0.3, -0.25) is 5.41 Å². The lowest BCUT2D eigenvalue weighted by Gasteiger charge is -2.39. The first-order chi connectivity index (χ1) is 17.2. The largest absolute Gasteiger partial charge is 0.413 e. The quantitative estimate of drug-likeness (QED) is 0.254. The number of rotatable bonds is 11. The predicted molar refractivity (Wildman–Crippen MR) is 160 cm³/mol. The molecule has 38 heavy (non-hydrogen) atoms. The van der Waals surface area contributed by atoms with Crippen molar-refractivity contribution in [1.29, 1.82) is 5.41 Å². The Morgan fingerprint density at radius 2 is 1.66 bits per heavy atom. The molecule has 0 saturated heterocycles. The van der Waals surface area contributed by atoms with Crippen LogP contribution in [0.3, 0.4) is 0 Å². The van der Waals surface area contributed by atoms with E-state index in [1.807, 2.05) is 47.7 Å². The second-order valence-corrected chi connectivity index (χ2v) is 22.7. The first-order valence-electron chi connectivity index (χ1n) is 13.1. The summed E-state index contributed by atoms with van der Waals surface area (Å²) in [6.45, 7) is 21.3. The fraction of sp³-hybridized carbons (Fsp3) is 0.593. The van der Waals surface area contributed by atoms with Crippen LogP contribution < -0.4 is 21.6 Å². The predicted octanol–water partition coefficient (Wildman–Crippen LogP) is 5.25. The smallest absolute Gasteiger partial charge is 0.184 e. The summed E-state index contributed by atoms with van der Waals surface area (Å²) in [6, 6.07) is 3.22. The lowest BCUT2D eigenvalue weighted by molar-refractivity contribution is 0.0932. The molecule has 0 amide bonds. The maximum Gasteiger partial charge on any atom is 0.184 e. The summed E-state index contributed by atoms with van der Waals surface area (Å²) >= 11 is 0. The van der Waals surface area contributed by atoms with Crippen LogP contribution in [0.15, 0.2) is 18.3 Å². The van der Waals surface area contributed by atoms with Crippen LogP contribution in [0.1, 0.15) is 52.3 Å². The van der Waals surface area contributed by atoms with Crippen molar-refractivity contribution < 1.29 is 13.2 Å². The monoisotopic (exact) mass is 564 g/mol. The zero-order chi connectivity index (χ0) is 29.3. The molecule has 0 fully saturated rings. The maximum absolute atomic E-state index is 16.5. The van der Waals surface area contributed by atoms with E-state index in [0.717, 1.165) is 0 Å². The molecule has 0 radical (unpaired) electrons. The van der Waals surface area contributed by atoms with Crippen LogP contribution >= 0.6 is 0 Å². The molecular formula is C27H46F2N6OSi2. The van der Waals surface area contributed by atoms with Gasteiger partial charge in [-0.15, -0.1) is 0 Å². The van der Waals surface area contributed by atoms with Crippen molar-refractivity contribution in [1.82, 2.24) is 9.97 Å². The Kier molecular flexibility index (Phi) is 9.67.